The molecule has 0 spiro atoms. The summed E-state index contributed by atoms with van der Waals surface area (Å²) in [5.41, 5.74) is 0. The minimum atomic E-state index is -1.24. The summed E-state index contributed by atoms with van der Waals surface area (Å²) in [7, 11) is 1.57. The van der Waals surface area contributed by atoms with Crippen molar-refractivity contribution in [3.8, 4) is 0 Å². The predicted octanol–water partition coefficient (Wildman–Crippen LogP) is 0.112. The number of hydrogen-bond acceptors (Lipinski definition) is 3. The first-order valence-electron chi connectivity index (χ1n) is 3.09. The van der Waals surface area contributed by atoms with E-state index in [1.807, 2.05) is 6.92 Å². The van der Waals surface area contributed by atoms with E-state index in [4.69, 9.17) is 14.9 Å². The Hall–Kier alpha value is -0.120. The Bertz CT molecular complexity index is 59.3. The van der Waals surface area contributed by atoms with E-state index in [0.29, 0.717) is 6.42 Å². The molecule has 9 heavy (non-hydrogen) atoms. The van der Waals surface area contributed by atoms with Crippen LogP contribution < -0.4 is 0 Å². The highest BCUT2D eigenvalue weighted by atomic mass is 16.5. The van der Waals surface area contributed by atoms with Gasteiger partial charge in [-0.1, -0.05) is 6.92 Å². The van der Waals surface area contributed by atoms with Crippen molar-refractivity contribution in [2.45, 2.75) is 32.2 Å². The van der Waals surface area contributed by atoms with Crippen LogP contribution in [-0.4, -0.2) is 29.7 Å². The van der Waals surface area contributed by atoms with Gasteiger partial charge >= 0.3 is 0 Å². The quantitative estimate of drug-likeness (QED) is 0.536. The maximum Gasteiger partial charge on any atom is 0.153 e. The van der Waals surface area contributed by atoms with E-state index >= 15 is 0 Å². The summed E-state index contributed by atoms with van der Waals surface area (Å²) >= 11 is 0. The smallest absolute Gasteiger partial charge is 0.153 e. The van der Waals surface area contributed by atoms with Crippen LogP contribution in [0.15, 0.2) is 0 Å². The zero-order valence-electron chi connectivity index (χ0n) is 5.87. The molecule has 0 aromatic carbocycles. The fraction of sp³-hybridized carbons (Fsp3) is 1.00. The van der Waals surface area contributed by atoms with E-state index in [9.17, 15) is 0 Å². The molecule has 0 aliphatic rings. The largest absolute Gasteiger partial charge is 0.381 e. The molecule has 0 aliphatic carbocycles. The molecule has 0 amide bonds. The fourth-order valence-electron chi connectivity index (χ4n) is 0.665. The molecule has 3 heteroatoms. The predicted molar refractivity (Wildman–Crippen MR) is 33.9 cm³/mol. The van der Waals surface area contributed by atoms with Crippen molar-refractivity contribution in [1.29, 1.82) is 0 Å². The molecule has 0 saturated heterocycles. The Kier molecular flexibility index (Phi) is 4.67. The van der Waals surface area contributed by atoms with Gasteiger partial charge < -0.3 is 14.9 Å². The molecule has 56 valence electrons. The van der Waals surface area contributed by atoms with Gasteiger partial charge in [0.1, 0.15) is 0 Å². The Morgan fingerprint density at radius 2 is 2.00 bits per heavy atom. The summed E-state index contributed by atoms with van der Waals surface area (Å²) in [6.07, 6.45) is -0.152. The van der Waals surface area contributed by atoms with E-state index in [1.165, 1.54) is 0 Å². The first kappa shape index (κ1) is 8.88. The topological polar surface area (TPSA) is 49.7 Å². The summed E-state index contributed by atoms with van der Waals surface area (Å²) in [5.74, 6) is 0. The van der Waals surface area contributed by atoms with E-state index in [1.54, 1.807) is 7.11 Å². The second kappa shape index (κ2) is 4.73. The molecule has 2 N–H and O–H groups in total. The summed E-state index contributed by atoms with van der Waals surface area (Å²) < 4.78 is 4.89. The van der Waals surface area contributed by atoms with Crippen LogP contribution in [0, 0.1) is 0 Å². The Labute approximate surface area is 55.3 Å². The number of ether oxygens (including phenoxy) is 1. The van der Waals surface area contributed by atoms with Crippen molar-refractivity contribution in [2.75, 3.05) is 7.11 Å². The standard InChI is InChI=1S/C6H14O3/c1-3-5(9-2)4-6(7)8/h5-8H,3-4H2,1-2H3. The number of methoxy groups -OCH3 is 1. The van der Waals surface area contributed by atoms with Crippen LogP contribution in [0.1, 0.15) is 19.8 Å². The molecule has 0 saturated carbocycles. The summed E-state index contributed by atoms with van der Waals surface area (Å²) in [6.45, 7) is 1.94. The van der Waals surface area contributed by atoms with Crippen LogP contribution >= 0.6 is 0 Å². The fourth-order valence-corrected chi connectivity index (χ4v) is 0.665. The number of aliphatic hydroxyl groups is 2. The van der Waals surface area contributed by atoms with Crippen LogP contribution in [0.3, 0.4) is 0 Å². The van der Waals surface area contributed by atoms with Crippen molar-refractivity contribution in [2.24, 2.45) is 0 Å². The van der Waals surface area contributed by atoms with Crippen LogP contribution in [0.4, 0.5) is 0 Å². The average Bonchev–Trinajstić information content (AvgIpc) is 1.82. The molecule has 0 bridgehead atoms. The van der Waals surface area contributed by atoms with E-state index in [2.05, 4.69) is 0 Å². The lowest BCUT2D eigenvalue weighted by Crippen LogP contribution is -2.18. The molecule has 0 heterocycles. The Morgan fingerprint density at radius 1 is 1.44 bits per heavy atom. The van der Waals surface area contributed by atoms with Crippen molar-refractivity contribution in [1.82, 2.24) is 0 Å². The maximum atomic E-state index is 8.46. The molecular weight excluding hydrogens is 120 g/mol. The molecular formula is C6H14O3. The van der Waals surface area contributed by atoms with Crippen molar-refractivity contribution in [3.05, 3.63) is 0 Å². The van der Waals surface area contributed by atoms with Gasteiger partial charge in [-0.3, -0.25) is 0 Å². The number of hydrogen-bond donors (Lipinski definition) is 2. The van der Waals surface area contributed by atoms with Crippen LogP contribution in [0.5, 0.6) is 0 Å². The molecule has 1 atom stereocenters. The highest BCUT2D eigenvalue weighted by molar-refractivity contribution is 4.54. The monoisotopic (exact) mass is 134 g/mol. The first-order valence-corrected chi connectivity index (χ1v) is 3.09. The third-order valence-corrected chi connectivity index (χ3v) is 1.26. The van der Waals surface area contributed by atoms with Gasteiger partial charge in [0.05, 0.1) is 6.10 Å². The summed E-state index contributed by atoms with van der Waals surface area (Å²) in [4.78, 5) is 0. The second-order valence-corrected chi connectivity index (χ2v) is 1.98. The molecule has 3 nitrogen and oxygen atoms in total. The van der Waals surface area contributed by atoms with Gasteiger partial charge in [0, 0.05) is 13.5 Å². The SMILES string of the molecule is CCC(CC(O)O)OC. The number of aliphatic hydroxyl groups excluding tert-OH is 1. The van der Waals surface area contributed by atoms with Gasteiger partial charge in [-0.25, -0.2) is 0 Å². The summed E-state index contributed by atoms with van der Waals surface area (Å²) in [6, 6.07) is 0. The summed E-state index contributed by atoms with van der Waals surface area (Å²) in [5, 5.41) is 16.9. The van der Waals surface area contributed by atoms with Crippen molar-refractivity contribution < 1.29 is 14.9 Å². The van der Waals surface area contributed by atoms with Gasteiger partial charge in [-0.2, -0.15) is 0 Å². The van der Waals surface area contributed by atoms with E-state index in [0.717, 1.165) is 6.42 Å². The second-order valence-electron chi connectivity index (χ2n) is 1.98. The first-order chi connectivity index (χ1) is 4.20. The molecule has 0 aliphatic heterocycles. The Morgan fingerprint density at radius 3 is 2.11 bits per heavy atom. The zero-order valence-corrected chi connectivity index (χ0v) is 5.87. The average molecular weight is 134 g/mol. The van der Waals surface area contributed by atoms with E-state index < -0.39 is 6.29 Å². The molecule has 0 radical (unpaired) electrons. The Balaban J connectivity index is 3.31. The lowest BCUT2D eigenvalue weighted by Gasteiger charge is -2.12. The van der Waals surface area contributed by atoms with Gasteiger partial charge in [0.25, 0.3) is 0 Å². The molecule has 0 fully saturated rings. The minimum Gasteiger partial charge on any atom is -0.381 e. The van der Waals surface area contributed by atoms with E-state index in [-0.39, 0.29) is 6.10 Å². The van der Waals surface area contributed by atoms with Gasteiger partial charge in [0.2, 0.25) is 0 Å². The molecule has 0 rings (SSSR count). The van der Waals surface area contributed by atoms with Gasteiger partial charge in [0.15, 0.2) is 6.29 Å². The normalized spacial score (nSPS) is 14.3. The lowest BCUT2D eigenvalue weighted by atomic mass is 10.2. The zero-order chi connectivity index (χ0) is 7.28. The lowest BCUT2D eigenvalue weighted by molar-refractivity contribution is -0.0770. The highest BCUT2D eigenvalue weighted by Gasteiger charge is 2.07. The molecule has 1 unspecified atom stereocenters. The molecule has 0 aromatic heterocycles. The minimum absolute atomic E-state index is 0.0231. The van der Waals surface area contributed by atoms with Gasteiger partial charge in [-0.05, 0) is 6.42 Å². The van der Waals surface area contributed by atoms with Crippen LogP contribution in [0.25, 0.3) is 0 Å². The van der Waals surface area contributed by atoms with Crippen LogP contribution in [0.2, 0.25) is 0 Å². The number of rotatable bonds is 4. The third-order valence-electron chi connectivity index (χ3n) is 1.26. The van der Waals surface area contributed by atoms with Crippen molar-refractivity contribution in [3.63, 3.8) is 0 Å². The molecule has 0 aromatic rings. The third kappa shape index (κ3) is 4.39. The van der Waals surface area contributed by atoms with Gasteiger partial charge in [-0.15, -0.1) is 0 Å². The maximum absolute atomic E-state index is 8.46. The van der Waals surface area contributed by atoms with Crippen molar-refractivity contribution >= 4 is 0 Å². The van der Waals surface area contributed by atoms with Crippen LogP contribution in [-0.2, 0) is 4.74 Å². The highest BCUT2D eigenvalue weighted by Crippen LogP contribution is 2.03.